The van der Waals surface area contributed by atoms with Crippen LogP contribution in [0, 0.1) is 0 Å². The Morgan fingerprint density at radius 1 is 0.533 bits per heavy atom. The van der Waals surface area contributed by atoms with Gasteiger partial charge in [0.2, 0.25) is 0 Å². The summed E-state index contributed by atoms with van der Waals surface area (Å²) in [4.78, 5) is 0. The van der Waals surface area contributed by atoms with E-state index < -0.39 is 0 Å². The van der Waals surface area contributed by atoms with E-state index >= 15 is 0 Å². The monoisotopic (exact) mass is 692 g/mol. The molecule has 0 heterocycles. The highest BCUT2D eigenvalue weighted by Gasteiger charge is 2.00. The molecule has 4 N–H and O–H groups in total. The van der Waals surface area contributed by atoms with Crippen molar-refractivity contribution in [1.29, 1.82) is 0 Å². The second-order valence-electron chi connectivity index (χ2n) is 7.51. The van der Waals surface area contributed by atoms with Crippen molar-refractivity contribution in [2.24, 2.45) is 0 Å². The zero-order valence-electron chi connectivity index (χ0n) is 19.4. The van der Waals surface area contributed by atoms with E-state index in [1.807, 2.05) is 0 Å². The molecule has 4 nitrogen and oxygen atoms in total. The summed E-state index contributed by atoms with van der Waals surface area (Å²) in [5, 5.41) is 14.2. The summed E-state index contributed by atoms with van der Waals surface area (Å²) in [5.74, 6) is 0. The van der Waals surface area contributed by atoms with Crippen molar-refractivity contribution in [3.8, 4) is 0 Å². The van der Waals surface area contributed by atoms with Crippen molar-refractivity contribution < 1.29 is 0 Å². The zero-order valence-corrected chi connectivity index (χ0v) is 26.2. The van der Waals surface area contributed by atoms with Gasteiger partial charge >= 0.3 is 0 Å². The van der Waals surface area contributed by atoms with E-state index in [1.165, 1.54) is 77.4 Å². The molecule has 0 bridgehead atoms. The van der Waals surface area contributed by atoms with Crippen LogP contribution in [-0.2, 0) is 0 Å². The Hall–Kier alpha value is 1.76. The molecule has 0 aliphatic heterocycles. The summed E-state index contributed by atoms with van der Waals surface area (Å²) in [5.41, 5.74) is 0. The lowest BCUT2D eigenvalue weighted by Gasteiger charge is -2.13. The molecule has 0 aliphatic rings. The first kappa shape index (κ1) is 45.3. The normalized spacial score (nSPS) is 11.6. The van der Waals surface area contributed by atoms with E-state index in [0.29, 0.717) is 12.1 Å². The van der Waals surface area contributed by atoms with Gasteiger partial charge in [0.05, 0.1) is 0 Å². The van der Waals surface area contributed by atoms with Crippen LogP contribution in [-0.4, -0.2) is 51.4 Å². The Kier molecular flexibility index (Phi) is 57.4. The molecule has 30 heavy (non-hydrogen) atoms. The van der Waals surface area contributed by atoms with Crippen molar-refractivity contribution in [2.75, 3.05) is 39.3 Å². The van der Waals surface area contributed by atoms with Crippen molar-refractivity contribution in [2.45, 2.75) is 105 Å². The minimum absolute atomic E-state index is 0. The Morgan fingerprint density at radius 3 is 1.40 bits per heavy atom. The maximum absolute atomic E-state index is 3.59. The molecule has 0 saturated carbocycles. The quantitative estimate of drug-likeness (QED) is 0.108. The Labute approximate surface area is 232 Å². The molecular formula is C22H56Br4N4. The van der Waals surface area contributed by atoms with Crippen LogP contribution in [0.15, 0.2) is 0 Å². The number of nitrogens with one attached hydrogen (secondary N) is 4. The van der Waals surface area contributed by atoms with E-state index in [0.717, 1.165) is 19.6 Å². The third-order valence-corrected chi connectivity index (χ3v) is 4.79. The first-order chi connectivity index (χ1) is 12.2. The summed E-state index contributed by atoms with van der Waals surface area (Å²) in [6, 6.07) is 1.28. The van der Waals surface area contributed by atoms with Crippen LogP contribution in [0.25, 0.3) is 0 Å². The van der Waals surface area contributed by atoms with Crippen LogP contribution in [0.1, 0.15) is 92.9 Å². The van der Waals surface area contributed by atoms with Crippen molar-refractivity contribution in [3.05, 3.63) is 0 Å². The van der Waals surface area contributed by atoms with Crippen molar-refractivity contribution in [3.63, 3.8) is 0 Å². The molecule has 192 valence electrons. The largest absolute Gasteiger partial charge is 0.317 e. The van der Waals surface area contributed by atoms with E-state index in [2.05, 4.69) is 49.0 Å². The van der Waals surface area contributed by atoms with Crippen LogP contribution in [0.5, 0.6) is 0 Å². The molecular weight excluding hydrogens is 640 g/mol. The molecule has 0 aromatic heterocycles. The topological polar surface area (TPSA) is 48.1 Å². The molecule has 0 saturated heterocycles. The third kappa shape index (κ3) is 37.1. The van der Waals surface area contributed by atoms with E-state index in [9.17, 15) is 0 Å². The minimum atomic E-state index is 0. The van der Waals surface area contributed by atoms with Crippen molar-refractivity contribution in [1.82, 2.24) is 21.3 Å². The van der Waals surface area contributed by atoms with Gasteiger partial charge in [-0.1, -0.05) is 47.0 Å². The van der Waals surface area contributed by atoms with Gasteiger partial charge < -0.3 is 21.3 Å². The van der Waals surface area contributed by atoms with Crippen LogP contribution in [0.4, 0.5) is 0 Å². The molecule has 0 spiro atoms. The fourth-order valence-electron chi connectivity index (χ4n) is 3.00. The van der Waals surface area contributed by atoms with Gasteiger partial charge in [-0.25, -0.2) is 0 Å². The lowest BCUT2D eigenvalue weighted by Crippen LogP contribution is -2.31. The fraction of sp³-hybridized carbons (Fsp3) is 1.00. The van der Waals surface area contributed by atoms with Gasteiger partial charge in [-0.2, -0.15) is 0 Å². The second-order valence-corrected chi connectivity index (χ2v) is 7.51. The number of hydrogen-bond donors (Lipinski definition) is 4. The fourth-order valence-corrected chi connectivity index (χ4v) is 3.00. The highest BCUT2D eigenvalue weighted by atomic mass is 79.9. The molecule has 0 fully saturated rings. The lowest BCUT2D eigenvalue weighted by molar-refractivity contribution is 0.477. The van der Waals surface area contributed by atoms with Gasteiger partial charge in [0.1, 0.15) is 0 Å². The number of rotatable bonds is 20. The standard InChI is InChI=1S/C21H48N4.CH4.4BrH/c1-5-7-17-25-21(4)14-19-23-16-12-10-8-9-11-15-22-18-13-20(3)24-6-2;;;;;/h20-25H,5-19H2,1-4H3;1H4;4*1H. The average Bonchev–Trinajstić information content (AvgIpc) is 2.59. The summed E-state index contributed by atoms with van der Waals surface area (Å²) in [6.45, 7) is 15.9. The Morgan fingerprint density at radius 2 is 0.967 bits per heavy atom. The number of halogens is 4. The Balaban J connectivity index is -0.000000288. The van der Waals surface area contributed by atoms with Gasteiger partial charge in [0.15, 0.2) is 0 Å². The smallest absolute Gasteiger partial charge is 0.00508 e. The molecule has 0 amide bonds. The number of unbranched alkanes of at least 4 members (excludes halogenated alkanes) is 5. The maximum Gasteiger partial charge on any atom is 0.00508 e. The van der Waals surface area contributed by atoms with Gasteiger partial charge in [-0.05, 0) is 85.2 Å². The van der Waals surface area contributed by atoms with Crippen molar-refractivity contribution >= 4 is 67.9 Å². The molecule has 0 aliphatic carbocycles. The van der Waals surface area contributed by atoms with Gasteiger partial charge in [-0.15, -0.1) is 67.9 Å². The van der Waals surface area contributed by atoms with Crippen LogP contribution < -0.4 is 21.3 Å². The summed E-state index contributed by atoms with van der Waals surface area (Å²) in [7, 11) is 0. The predicted molar refractivity (Wildman–Crippen MR) is 162 cm³/mol. The summed E-state index contributed by atoms with van der Waals surface area (Å²) in [6.07, 6.45) is 11.8. The molecule has 2 unspecified atom stereocenters. The molecule has 0 aromatic rings. The molecule has 0 aromatic carbocycles. The highest BCUT2D eigenvalue weighted by Crippen LogP contribution is 2.02. The minimum Gasteiger partial charge on any atom is -0.317 e. The first-order valence-corrected chi connectivity index (χ1v) is 11.1. The second kappa shape index (κ2) is 38.0. The molecule has 0 radical (unpaired) electrons. The van der Waals surface area contributed by atoms with Crippen LogP contribution in [0.2, 0.25) is 0 Å². The lowest BCUT2D eigenvalue weighted by atomic mass is 10.1. The van der Waals surface area contributed by atoms with Gasteiger partial charge in [0.25, 0.3) is 0 Å². The van der Waals surface area contributed by atoms with E-state index in [4.69, 9.17) is 0 Å². The molecule has 0 rings (SSSR count). The first-order valence-electron chi connectivity index (χ1n) is 11.1. The van der Waals surface area contributed by atoms with E-state index in [1.54, 1.807) is 0 Å². The van der Waals surface area contributed by atoms with Gasteiger partial charge in [-0.3, -0.25) is 0 Å². The third-order valence-electron chi connectivity index (χ3n) is 4.79. The molecule has 8 heteroatoms. The summed E-state index contributed by atoms with van der Waals surface area (Å²) < 4.78 is 0. The Bertz CT molecular complexity index is 265. The van der Waals surface area contributed by atoms with Crippen LogP contribution >= 0.6 is 67.9 Å². The van der Waals surface area contributed by atoms with Gasteiger partial charge in [0, 0.05) is 12.1 Å². The SMILES string of the molecule is Br.Br.Br.Br.C.CCCCNC(C)CCNCCCCCCCNCCC(C)NCC. The summed E-state index contributed by atoms with van der Waals surface area (Å²) >= 11 is 0. The zero-order chi connectivity index (χ0) is 18.6. The number of hydrogen-bond acceptors (Lipinski definition) is 4. The van der Waals surface area contributed by atoms with Crippen LogP contribution in [0.3, 0.4) is 0 Å². The average molecular weight is 696 g/mol. The highest BCUT2D eigenvalue weighted by molar-refractivity contribution is 8.93. The maximum atomic E-state index is 3.59. The van der Waals surface area contributed by atoms with E-state index in [-0.39, 0.29) is 75.4 Å². The predicted octanol–water partition coefficient (Wildman–Crippen LogP) is 6.62. The molecule has 2 atom stereocenters.